The lowest BCUT2D eigenvalue weighted by atomic mass is 9.89. The summed E-state index contributed by atoms with van der Waals surface area (Å²) in [6, 6.07) is 0.227. The molecule has 2 aliphatic heterocycles. The van der Waals surface area contributed by atoms with Gasteiger partial charge in [0, 0.05) is 7.05 Å². The number of allylic oxidation sites excluding steroid dienone is 7. The zero-order valence-electron chi connectivity index (χ0n) is 10.5. The number of likely N-dealkylation sites (N-methyl/N-ethyl adjacent to an activating group) is 1. The second kappa shape index (κ2) is 3.84. The Morgan fingerprint density at radius 2 is 1.89 bits per heavy atom. The standard InChI is InChI=1S/C16H13ClN2/c1-19-13-9-5-3-7-11(13)14(17)15-16(19)10-6-2-4-8-12(10)18-15/h2-10,13H,1H3. The highest BCUT2D eigenvalue weighted by atomic mass is 35.5. The van der Waals surface area contributed by atoms with Crippen molar-refractivity contribution in [3.63, 3.8) is 0 Å². The molecule has 19 heavy (non-hydrogen) atoms. The largest absolute Gasteiger partial charge is 0.365 e. The van der Waals surface area contributed by atoms with Crippen molar-refractivity contribution in [2.45, 2.75) is 6.04 Å². The van der Waals surface area contributed by atoms with Crippen molar-refractivity contribution >= 4 is 17.3 Å². The van der Waals surface area contributed by atoms with E-state index in [0.29, 0.717) is 0 Å². The van der Waals surface area contributed by atoms with E-state index in [1.54, 1.807) is 0 Å². The average Bonchev–Trinajstić information content (AvgIpc) is 2.84. The van der Waals surface area contributed by atoms with Crippen molar-refractivity contribution < 1.29 is 0 Å². The Balaban J connectivity index is 1.91. The molecule has 0 saturated heterocycles. The van der Waals surface area contributed by atoms with Crippen LogP contribution in [0.4, 0.5) is 0 Å². The summed E-state index contributed by atoms with van der Waals surface area (Å²) in [4.78, 5) is 7.02. The maximum absolute atomic E-state index is 6.58. The molecule has 4 rings (SSSR count). The molecule has 2 atom stereocenters. The number of nitrogens with zero attached hydrogens (tertiary/aromatic N) is 2. The normalized spacial score (nSPS) is 30.6. The van der Waals surface area contributed by atoms with Crippen LogP contribution in [-0.4, -0.2) is 23.7 Å². The van der Waals surface area contributed by atoms with Gasteiger partial charge in [0.05, 0.1) is 28.4 Å². The van der Waals surface area contributed by atoms with E-state index in [1.165, 1.54) is 5.70 Å². The number of hydrogen-bond acceptors (Lipinski definition) is 2. The molecule has 2 heterocycles. The lowest BCUT2D eigenvalue weighted by molar-refractivity contribution is 0.364. The molecule has 2 aliphatic carbocycles. The van der Waals surface area contributed by atoms with Crippen LogP contribution in [0.2, 0.25) is 0 Å². The molecule has 3 heteroatoms. The second-order valence-corrected chi connectivity index (χ2v) is 5.44. The van der Waals surface area contributed by atoms with E-state index in [9.17, 15) is 0 Å². The Kier molecular flexibility index (Phi) is 2.24. The summed E-state index contributed by atoms with van der Waals surface area (Å²) in [7, 11) is 2.12. The van der Waals surface area contributed by atoms with Crippen molar-refractivity contribution in [2.75, 3.05) is 7.05 Å². The fraction of sp³-hybridized carbons (Fsp3) is 0.188. The predicted octanol–water partition coefficient (Wildman–Crippen LogP) is 3.33. The molecule has 0 aromatic rings. The molecular formula is C16H13ClN2. The van der Waals surface area contributed by atoms with Crippen molar-refractivity contribution in [3.05, 3.63) is 70.6 Å². The van der Waals surface area contributed by atoms with Gasteiger partial charge in [-0.25, -0.2) is 4.99 Å². The molecule has 0 radical (unpaired) electrons. The first kappa shape index (κ1) is 11.1. The van der Waals surface area contributed by atoms with Crippen LogP contribution in [0.15, 0.2) is 75.6 Å². The van der Waals surface area contributed by atoms with E-state index in [2.05, 4.69) is 48.4 Å². The first-order valence-corrected chi connectivity index (χ1v) is 6.80. The zero-order valence-corrected chi connectivity index (χ0v) is 11.3. The van der Waals surface area contributed by atoms with Crippen molar-refractivity contribution in [2.24, 2.45) is 10.9 Å². The Hall–Kier alpha value is -1.80. The number of rotatable bonds is 0. The SMILES string of the molecule is CN1C2=C(N=C3C=CC=CC32)C(Cl)=C2C=CC=CC21. The van der Waals surface area contributed by atoms with Crippen molar-refractivity contribution in [3.8, 4) is 0 Å². The smallest absolute Gasteiger partial charge is 0.102 e. The minimum absolute atomic E-state index is 0.227. The second-order valence-electron chi connectivity index (χ2n) is 5.06. The maximum Gasteiger partial charge on any atom is 0.102 e. The quantitative estimate of drug-likeness (QED) is 0.658. The average molecular weight is 269 g/mol. The Bertz CT molecular complexity index is 671. The van der Waals surface area contributed by atoms with Gasteiger partial charge in [0.2, 0.25) is 0 Å². The first-order chi connectivity index (χ1) is 9.27. The highest BCUT2D eigenvalue weighted by molar-refractivity contribution is 6.33. The van der Waals surface area contributed by atoms with E-state index in [1.807, 2.05) is 12.2 Å². The van der Waals surface area contributed by atoms with Gasteiger partial charge in [-0.2, -0.15) is 0 Å². The fourth-order valence-corrected chi connectivity index (χ4v) is 3.42. The molecule has 0 amide bonds. The van der Waals surface area contributed by atoms with Gasteiger partial charge < -0.3 is 4.90 Å². The third-order valence-electron chi connectivity index (χ3n) is 4.04. The predicted molar refractivity (Wildman–Crippen MR) is 78.9 cm³/mol. The van der Waals surface area contributed by atoms with Crippen LogP contribution in [0.1, 0.15) is 0 Å². The summed E-state index contributed by atoms with van der Waals surface area (Å²) in [5.41, 5.74) is 4.38. The van der Waals surface area contributed by atoms with Crippen molar-refractivity contribution in [1.82, 2.24) is 4.90 Å². The van der Waals surface area contributed by atoms with Gasteiger partial charge >= 0.3 is 0 Å². The first-order valence-electron chi connectivity index (χ1n) is 6.43. The monoisotopic (exact) mass is 268 g/mol. The zero-order chi connectivity index (χ0) is 13.0. The Morgan fingerprint density at radius 1 is 1.11 bits per heavy atom. The number of fused-ring (bicyclic) bond motifs is 3. The summed E-state index contributed by atoms with van der Waals surface area (Å²) in [6.07, 6.45) is 16.7. The topological polar surface area (TPSA) is 15.6 Å². The fourth-order valence-electron chi connectivity index (χ4n) is 3.11. The van der Waals surface area contributed by atoms with E-state index < -0.39 is 0 Å². The number of aliphatic imine (C=N–C) groups is 1. The van der Waals surface area contributed by atoms with Crippen LogP contribution >= 0.6 is 11.6 Å². The molecular weight excluding hydrogens is 256 g/mol. The van der Waals surface area contributed by atoms with Crippen LogP contribution in [-0.2, 0) is 0 Å². The summed E-state index contributed by atoms with van der Waals surface area (Å²) < 4.78 is 0. The van der Waals surface area contributed by atoms with Crippen LogP contribution in [0.5, 0.6) is 0 Å². The highest BCUT2D eigenvalue weighted by Gasteiger charge is 2.38. The van der Waals surface area contributed by atoms with Crippen molar-refractivity contribution in [1.29, 1.82) is 0 Å². The van der Waals surface area contributed by atoms with Gasteiger partial charge in [0.25, 0.3) is 0 Å². The van der Waals surface area contributed by atoms with Crippen LogP contribution in [0.3, 0.4) is 0 Å². The van der Waals surface area contributed by atoms with Gasteiger partial charge in [0.1, 0.15) is 5.70 Å². The van der Waals surface area contributed by atoms with Gasteiger partial charge in [-0.1, -0.05) is 54.1 Å². The van der Waals surface area contributed by atoms with Gasteiger partial charge in [-0.05, 0) is 11.6 Å². The lowest BCUT2D eigenvalue weighted by Gasteiger charge is -2.37. The molecule has 0 N–H and O–H groups in total. The van der Waals surface area contributed by atoms with E-state index in [-0.39, 0.29) is 12.0 Å². The van der Waals surface area contributed by atoms with Gasteiger partial charge in [-0.3, -0.25) is 0 Å². The molecule has 4 aliphatic rings. The molecule has 2 unspecified atom stereocenters. The summed E-state index contributed by atoms with van der Waals surface area (Å²) in [5.74, 6) is 0.250. The molecule has 94 valence electrons. The molecule has 0 saturated carbocycles. The lowest BCUT2D eigenvalue weighted by Crippen LogP contribution is -2.37. The van der Waals surface area contributed by atoms with Gasteiger partial charge in [-0.15, -0.1) is 0 Å². The van der Waals surface area contributed by atoms with Crippen LogP contribution < -0.4 is 0 Å². The van der Waals surface area contributed by atoms with Gasteiger partial charge in [0.15, 0.2) is 0 Å². The summed E-state index contributed by atoms with van der Waals surface area (Å²) >= 11 is 6.58. The molecule has 0 aromatic heterocycles. The Morgan fingerprint density at radius 3 is 2.79 bits per heavy atom. The summed E-state index contributed by atoms with van der Waals surface area (Å²) in [6.45, 7) is 0. The molecule has 0 spiro atoms. The molecule has 2 nitrogen and oxygen atoms in total. The minimum Gasteiger partial charge on any atom is -0.365 e. The van der Waals surface area contributed by atoms with Crippen LogP contribution in [0.25, 0.3) is 0 Å². The third kappa shape index (κ3) is 1.41. The highest BCUT2D eigenvalue weighted by Crippen LogP contribution is 2.44. The van der Waals surface area contributed by atoms with E-state index in [4.69, 9.17) is 16.6 Å². The van der Waals surface area contributed by atoms with E-state index >= 15 is 0 Å². The molecule has 0 bridgehead atoms. The molecule has 0 fully saturated rings. The Labute approximate surface area is 117 Å². The van der Waals surface area contributed by atoms with E-state index in [0.717, 1.165) is 22.0 Å². The third-order valence-corrected chi connectivity index (χ3v) is 4.43. The summed E-state index contributed by atoms with van der Waals surface area (Å²) in [5, 5.41) is 0.794. The number of halogens is 1. The maximum atomic E-state index is 6.58. The minimum atomic E-state index is 0.227. The van der Waals surface area contributed by atoms with Crippen LogP contribution in [0, 0.1) is 5.92 Å². The molecule has 0 aromatic carbocycles. The number of hydrogen-bond donors (Lipinski definition) is 0.